The lowest BCUT2D eigenvalue weighted by atomic mass is 10.2. The molecule has 0 amide bonds. The fourth-order valence-electron chi connectivity index (χ4n) is 2.29. The summed E-state index contributed by atoms with van der Waals surface area (Å²) in [6.45, 7) is 5.00. The first-order valence-electron chi connectivity index (χ1n) is 6.62. The monoisotopic (exact) mass is 349 g/mol. The van der Waals surface area contributed by atoms with Crippen LogP contribution in [0.25, 0.3) is 10.9 Å². The fourth-order valence-corrected chi connectivity index (χ4v) is 3.78. The molecule has 0 radical (unpaired) electrons. The van der Waals surface area contributed by atoms with Gasteiger partial charge in [-0.15, -0.1) is 11.3 Å². The van der Waals surface area contributed by atoms with Gasteiger partial charge in [-0.25, -0.2) is 0 Å². The third-order valence-electron chi connectivity index (χ3n) is 3.09. The number of hydrogen-bond acceptors (Lipinski definition) is 2. The third kappa shape index (κ3) is 2.76. The van der Waals surface area contributed by atoms with Crippen LogP contribution in [-0.4, -0.2) is 10.7 Å². The fraction of sp³-hybridized carbons (Fsp3) is 0.250. The third-order valence-corrected chi connectivity index (χ3v) is 4.70. The molecule has 2 aromatic heterocycles. The van der Waals surface area contributed by atoms with Gasteiger partial charge in [-0.1, -0.05) is 6.07 Å². The Hall–Kier alpha value is -1.26. The minimum Gasteiger partial charge on any atom is -0.490 e. The highest BCUT2D eigenvalue weighted by Gasteiger charge is 2.08. The number of fused-ring (bicyclic) bond motifs is 1. The summed E-state index contributed by atoms with van der Waals surface area (Å²) in [6.07, 6.45) is 2.32. The van der Waals surface area contributed by atoms with Gasteiger partial charge in [0.2, 0.25) is 0 Å². The summed E-state index contributed by atoms with van der Waals surface area (Å²) in [5.74, 6) is 0.962. The Labute approximate surface area is 131 Å². The summed E-state index contributed by atoms with van der Waals surface area (Å²) in [4.78, 5) is 1.34. The number of nitrogens with zero attached hydrogens (tertiary/aromatic N) is 1. The maximum Gasteiger partial charge on any atom is 0.129 e. The van der Waals surface area contributed by atoms with Gasteiger partial charge in [-0.2, -0.15) is 0 Å². The molecule has 3 rings (SSSR count). The van der Waals surface area contributed by atoms with E-state index in [0.29, 0.717) is 0 Å². The highest BCUT2D eigenvalue weighted by Crippen LogP contribution is 2.29. The quantitative estimate of drug-likeness (QED) is 0.623. The molecule has 0 aliphatic rings. The molecule has 0 bridgehead atoms. The molecule has 0 saturated heterocycles. The predicted molar refractivity (Wildman–Crippen MR) is 88.8 cm³/mol. The highest BCUT2D eigenvalue weighted by molar-refractivity contribution is 9.11. The largest absolute Gasteiger partial charge is 0.490 e. The van der Waals surface area contributed by atoms with E-state index >= 15 is 0 Å². The molecule has 0 atom stereocenters. The average molecular weight is 350 g/mol. The summed E-state index contributed by atoms with van der Waals surface area (Å²) in [6, 6.07) is 12.6. The second kappa shape index (κ2) is 5.62. The molecular formula is C16H16BrNOS. The SMILES string of the molecule is CC(C)Oc1cccc2c1ccn2Cc1ccc(Br)s1. The lowest BCUT2D eigenvalue weighted by Gasteiger charge is -2.11. The van der Waals surface area contributed by atoms with Crippen molar-refractivity contribution in [3.05, 3.63) is 51.3 Å². The van der Waals surface area contributed by atoms with Crippen molar-refractivity contribution >= 4 is 38.2 Å². The molecule has 2 heterocycles. The van der Waals surface area contributed by atoms with E-state index in [2.05, 4.69) is 70.9 Å². The molecule has 20 heavy (non-hydrogen) atoms. The van der Waals surface area contributed by atoms with Crippen LogP contribution in [0.3, 0.4) is 0 Å². The van der Waals surface area contributed by atoms with Gasteiger partial charge >= 0.3 is 0 Å². The maximum absolute atomic E-state index is 5.88. The van der Waals surface area contributed by atoms with Gasteiger partial charge in [-0.05, 0) is 60.1 Å². The van der Waals surface area contributed by atoms with Gasteiger partial charge in [-0.3, -0.25) is 0 Å². The zero-order valence-corrected chi connectivity index (χ0v) is 13.9. The minimum atomic E-state index is 0.192. The summed E-state index contributed by atoms with van der Waals surface area (Å²) >= 11 is 5.29. The molecule has 0 N–H and O–H groups in total. The van der Waals surface area contributed by atoms with Crippen LogP contribution in [0.4, 0.5) is 0 Å². The molecule has 0 fully saturated rings. The zero-order chi connectivity index (χ0) is 14.1. The number of thiophene rings is 1. The molecule has 2 nitrogen and oxygen atoms in total. The average Bonchev–Trinajstić information content (AvgIpc) is 2.97. The number of ether oxygens (including phenoxy) is 1. The van der Waals surface area contributed by atoms with Gasteiger partial charge in [0.05, 0.1) is 22.0 Å². The van der Waals surface area contributed by atoms with Crippen molar-refractivity contribution in [2.45, 2.75) is 26.5 Å². The van der Waals surface area contributed by atoms with Crippen LogP contribution in [0, 0.1) is 0 Å². The van der Waals surface area contributed by atoms with Crippen molar-refractivity contribution in [1.82, 2.24) is 4.57 Å². The Morgan fingerprint density at radius 1 is 1.20 bits per heavy atom. The van der Waals surface area contributed by atoms with Gasteiger partial charge in [0.1, 0.15) is 5.75 Å². The smallest absolute Gasteiger partial charge is 0.129 e. The number of aromatic nitrogens is 1. The lowest BCUT2D eigenvalue weighted by molar-refractivity contribution is 0.245. The second-order valence-corrected chi connectivity index (χ2v) is 7.55. The van der Waals surface area contributed by atoms with Crippen molar-refractivity contribution in [3.63, 3.8) is 0 Å². The van der Waals surface area contributed by atoms with Crippen molar-refractivity contribution in [2.75, 3.05) is 0 Å². The first kappa shape index (κ1) is 13.7. The number of halogens is 1. The van der Waals surface area contributed by atoms with E-state index in [0.717, 1.165) is 12.3 Å². The standard InChI is InChI=1S/C16H16BrNOS/c1-11(2)19-15-5-3-4-14-13(15)8-9-18(14)10-12-6-7-16(17)20-12/h3-9,11H,10H2,1-2H3. The predicted octanol–water partition coefficient (Wildman–Crippen LogP) is 5.30. The Morgan fingerprint density at radius 3 is 2.75 bits per heavy atom. The Kier molecular flexibility index (Phi) is 3.85. The summed E-state index contributed by atoms with van der Waals surface area (Å²) in [5, 5.41) is 1.18. The van der Waals surface area contributed by atoms with Crippen molar-refractivity contribution < 1.29 is 4.74 Å². The molecule has 4 heteroatoms. The Morgan fingerprint density at radius 2 is 2.05 bits per heavy atom. The van der Waals surface area contributed by atoms with Crippen LogP contribution >= 0.6 is 27.3 Å². The topological polar surface area (TPSA) is 14.2 Å². The van der Waals surface area contributed by atoms with Crippen LogP contribution in [0.15, 0.2) is 46.4 Å². The zero-order valence-electron chi connectivity index (χ0n) is 11.5. The van der Waals surface area contributed by atoms with Gasteiger partial charge in [0.25, 0.3) is 0 Å². The van der Waals surface area contributed by atoms with Crippen molar-refractivity contribution in [1.29, 1.82) is 0 Å². The molecule has 0 unspecified atom stereocenters. The van der Waals surface area contributed by atoms with Crippen molar-refractivity contribution in [2.24, 2.45) is 0 Å². The number of rotatable bonds is 4. The first-order chi connectivity index (χ1) is 9.63. The van der Waals surface area contributed by atoms with Gasteiger partial charge in [0.15, 0.2) is 0 Å². The minimum absolute atomic E-state index is 0.192. The van der Waals surface area contributed by atoms with Crippen LogP contribution in [-0.2, 0) is 6.54 Å². The molecule has 0 aliphatic heterocycles. The molecule has 0 spiro atoms. The van der Waals surface area contributed by atoms with Crippen molar-refractivity contribution in [3.8, 4) is 5.75 Å². The summed E-state index contributed by atoms with van der Waals surface area (Å²) in [7, 11) is 0. The lowest BCUT2D eigenvalue weighted by Crippen LogP contribution is -2.05. The molecule has 3 aromatic rings. The van der Waals surface area contributed by atoms with Crippen LogP contribution in [0.2, 0.25) is 0 Å². The molecular weight excluding hydrogens is 334 g/mol. The van der Waals surface area contributed by atoms with Gasteiger partial charge < -0.3 is 9.30 Å². The van der Waals surface area contributed by atoms with E-state index in [9.17, 15) is 0 Å². The molecule has 1 aromatic carbocycles. The van der Waals surface area contributed by atoms with Crippen LogP contribution < -0.4 is 4.74 Å². The van der Waals surface area contributed by atoms with E-state index in [-0.39, 0.29) is 6.10 Å². The molecule has 0 aliphatic carbocycles. The summed E-state index contributed by atoms with van der Waals surface area (Å²) in [5.41, 5.74) is 1.22. The van der Waals surface area contributed by atoms with E-state index in [1.54, 1.807) is 11.3 Å². The van der Waals surface area contributed by atoms with E-state index in [1.165, 1.54) is 19.6 Å². The summed E-state index contributed by atoms with van der Waals surface area (Å²) < 4.78 is 9.32. The Balaban J connectivity index is 1.97. The molecule has 104 valence electrons. The normalized spacial score (nSPS) is 11.4. The van der Waals surface area contributed by atoms with E-state index in [4.69, 9.17) is 4.74 Å². The number of hydrogen-bond donors (Lipinski definition) is 0. The Bertz CT molecular complexity index is 729. The second-order valence-electron chi connectivity index (χ2n) is 5.01. The highest BCUT2D eigenvalue weighted by atomic mass is 79.9. The van der Waals surface area contributed by atoms with Crippen LogP contribution in [0.5, 0.6) is 5.75 Å². The first-order valence-corrected chi connectivity index (χ1v) is 8.23. The van der Waals surface area contributed by atoms with Gasteiger partial charge in [0, 0.05) is 16.5 Å². The molecule has 0 saturated carbocycles. The number of benzene rings is 1. The van der Waals surface area contributed by atoms with Crippen LogP contribution in [0.1, 0.15) is 18.7 Å². The van der Waals surface area contributed by atoms with E-state index < -0.39 is 0 Å². The maximum atomic E-state index is 5.88. The van der Waals surface area contributed by atoms with E-state index in [1.807, 2.05) is 6.07 Å².